The Labute approximate surface area is 170 Å². The first-order chi connectivity index (χ1) is 12.4. The minimum atomic E-state index is -3.68. The number of nitriles is 1. The Bertz CT molecular complexity index is 793. The lowest BCUT2D eigenvalue weighted by atomic mass is 10.1. The van der Waals surface area contributed by atoms with E-state index in [9.17, 15) is 13.7 Å². The number of hydrogen-bond acceptors (Lipinski definition) is 6. The Kier molecular flexibility index (Phi) is 6.59. The largest absolute Gasteiger partial charge is 0.379 e. The molecule has 1 aromatic rings. The molecule has 1 aromatic carbocycles. The van der Waals surface area contributed by atoms with Gasteiger partial charge in [0.2, 0.25) is 10.0 Å². The van der Waals surface area contributed by atoms with Crippen molar-refractivity contribution in [3.8, 4) is 6.19 Å². The summed E-state index contributed by atoms with van der Waals surface area (Å²) in [6.45, 7) is 4.22. The van der Waals surface area contributed by atoms with Crippen molar-refractivity contribution in [2.24, 2.45) is 0 Å². The monoisotopic (exact) mass is 506 g/mol. The minimum absolute atomic E-state index is 0.0109. The first kappa shape index (κ1) is 20.0. The van der Waals surface area contributed by atoms with Crippen LogP contribution in [0.3, 0.4) is 0 Å². The van der Waals surface area contributed by atoms with Crippen LogP contribution in [0.25, 0.3) is 0 Å². The highest BCUT2D eigenvalue weighted by Gasteiger charge is 2.35. The number of rotatable bonds is 5. The van der Waals surface area contributed by atoms with E-state index in [0.29, 0.717) is 35.1 Å². The third-order valence-corrected chi connectivity index (χ3v) is 7.63. The fourth-order valence-electron chi connectivity index (χ4n) is 3.35. The topological polar surface area (TPSA) is 85.7 Å². The van der Waals surface area contributed by atoms with Gasteiger partial charge in [0.15, 0.2) is 6.19 Å². The molecule has 2 heterocycles. The number of sulfonamides is 1. The van der Waals surface area contributed by atoms with Crippen molar-refractivity contribution in [3.05, 3.63) is 27.1 Å². The predicted octanol–water partition coefficient (Wildman–Crippen LogP) is 1.75. The van der Waals surface area contributed by atoms with Gasteiger partial charge in [-0.25, -0.2) is 13.1 Å². The number of likely N-dealkylation sites (tertiary alicyclic amines) is 1. The van der Waals surface area contributed by atoms with E-state index in [1.807, 2.05) is 0 Å². The Morgan fingerprint density at radius 3 is 2.73 bits per heavy atom. The maximum Gasteiger partial charge on any atom is 0.242 e. The van der Waals surface area contributed by atoms with Crippen molar-refractivity contribution in [2.45, 2.75) is 23.4 Å². The fourth-order valence-corrected chi connectivity index (χ4v) is 6.09. The van der Waals surface area contributed by atoms with Crippen LogP contribution in [0.5, 0.6) is 0 Å². The summed E-state index contributed by atoms with van der Waals surface area (Å²) >= 11 is 6.60. The highest BCUT2D eigenvalue weighted by molar-refractivity contribution is 9.11. The van der Waals surface area contributed by atoms with Gasteiger partial charge < -0.3 is 9.64 Å². The Balaban J connectivity index is 1.68. The van der Waals surface area contributed by atoms with Crippen LogP contribution in [-0.2, 0) is 14.8 Å². The first-order valence-electron chi connectivity index (χ1n) is 8.33. The molecule has 1 N–H and O–H groups in total. The van der Waals surface area contributed by atoms with Crippen molar-refractivity contribution < 1.29 is 13.2 Å². The molecule has 2 unspecified atom stereocenters. The van der Waals surface area contributed by atoms with E-state index in [4.69, 9.17) is 4.74 Å². The summed E-state index contributed by atoms with van der Waals surface area (Å²) in [4.78, 5) is 4.13. The van der Waals surface area contributed by atoms with Crippen LogP contribution in [-0.4, -0.2) is 69.7 Å². The summed E-state index contributed by atoms with van der Waals surface area (Å²) in [5, 5.41) is 9.42. The quantitative estimate of drug-likeness (QED) is 0.611. The van der Waals surface area contributed by atoms with E-state index in [-0.39, 0.29) is 17.0 Å². The van der Waals surface area contributed by atoms with Gasteiger partial charge in [0.05, 0.1) is 24.2 Å². The van der Waals surface area contributed by atoms with E-state index < -0.39 is 10.0 Å². The summed E-state index contributed by atoms with van der Waals surface area (Å²) < 4.78 is 34.8. The second-order valence-corrected chi connectivity index (χ2v) is 9.90. The lowest BCUT2D eigenvalue weighted by Gasteiger charge is -2.30. The van der Waals surface area contributed by atoms with Crippen molar-refractivity contribution in [2.75, 3.05) is 39.4 Å². The summed E-state index contributed by atoms with van der Waals surface area (Å²) in [6.07, 6.45) is 2.81. The van der Waals surface area contributed by atoms with Crippen molar-refractivity contribution >= 4 is 41.9 Å². The number of nitrogens with zero attached hydrogens (tertiary/aromatic N) is 3. The van der Waals surface area contributed by atoms with Gasteiger partial charge in [0, 0.05) is 41.2 Å². The lowest BCUT2D eigenvalue weighted by molar-refractivity contribution is 0.0301. The molecule has 142 valence electrons. The van der Waals surface area contributed by atoms with Crippen LogP contribution in [0.4, 0.5) is 0 Å². The summed E-state index contributed by atoms with van der Waals surface area (Å²) in [5.41, 5.74) is 0. The second kappa shape index (κ2) is 8.54. The van der Waals surface area contributed by atoms with E-state index in [1.54, 1.807) is 23.1 Å². The van der Waals surface area contributed by atoms with Gasteiger partial charge in [-0.05, 0) is 40.5 Å². The van der Waals surface area contributed by atoms with Crippen LogP contribution >= 0.6 is 31.9 Å². The smallest absolute Gasteiger partial charge is 0.242 e. The number of hydrogen-bond donors (Lipinski definition) is 1. The standard InChI is InChI=1S/C16H20Br2N4O3S/c17-12-1-2-15(18)16(7-12)26(23,24)20-13-8-14(22(9-13)11-19)10-21-3-5-25-6-4-21/h1-2,7,13-14,20H,3-6,8-10H2. The van der Waals surface area contributed by atoms with Crippen LogP contribution in [0.2, 0.25) is 0 Å². The van der Waals surface area contributed by atoms with Crippen molar-refractivity contribution in [1.82, 2.24) is 14.5 Å². The molecular formula is C16H20Br2N4O3S. The summed E-state index contributed by atoms with van der Waals surface area (Å²) in [5.74, 6) is 0. The zero-order valence-corrected chi connectivity index (χ0v) is 18.1. The van der Waals surface area contributed by atoms with E-state index >= 15 is 0 Å². The molecule has 0 radical (unpaired) electrons. The molecule has 26 heavy (non-hydrogen) atoms. The molecule has 0 spiro atoms. The summed E-state index contributed by atoms with van der Waals surface area (Å²) in [6, 6.07) is 4.74. The Hall–Kier alpha value is -0.700. The van der Waals surface area contributed by atoms with Gasteiger partial charge in [-0.2, -0.15) is 5.26 Å². The van der Waals surface area contributed by atoms with Gasteiger partial charge in [-0.1, -0.05) is 15.9 Å². The number of benzene rings is 1. The molecule has 0 amide bonds. The number of ether oxygens (including phenoxy) is 1. The third kappa shape index (κ3) is 4.77. The molecule has 10 heteroatoms. The van der Waals surface area contributed by atoms with Gasteiger partial charge in [-0.15, -0.1) is 0 Å². The molecule has 0 aromatic heterocycles. The van der Waals surface area contributed by atoms with Gasteiger partial charge >= 0.3 is 0 Å². The molecular weight excluding hydrogens is 488 g/mol. The maximum atomic E-state index is 12.8. The highest BCUT2D eigenvalue weighted by atomic mass is 79.9. The van der Waals surface area contributed by atoms with E-state index in [2.05, 4.69) is 47.7 Å². The molecule has 2 fully saturated rings. The van der Waals surface area contributed by atoms with Gasteiger partial charge in [0.25, 0.3) is 0 Å². The predicted molar refractivity (Wildman–Crippen MR) is 104 cm³/mol. The molecule has 0 aliphatic carbocycles. The SMILES string of the molecule is N#CN1CC(NS(=O)(=O)c2cc(Br)ccc2Br)CC1CN1CCOCC1. The average molecular weight is 508 g/mol. The van der Waals surface area contributed by atoms with E-state index in [1.165, 1.54) is 0 Å². The van der Waals surface area contributed by atoms with Crippen molar-refractivity contribution in [1.29, 1.82) is 5.26 Å². The second-order valence-electron chi connectivity index (χ2n) is 6.45. The minimum Gasteiger partial charge on any atom is -0.379 e. The molecule has 2 atom stereocenters. The molecule has 3 rings (SSSR count). The third-order valence-electron chi connectivity index (χ3n) is 4.62. The maximum absolute atomic E-state index is 12.8. The van der Waals surface area contributed by atoms with Crippen LogP contribution in [0, 0.1) is 11.5 Å². The van der Waals surface area contributed by atoms with Crippen LogP contribution in [0.1, 0.15) is 6.42 Å². The zero-order chi connectivity index (χ0) is 18.7. The molecule has 2 aliphatic rings. The Morgan fingerprint density at radius 1 is 1.31 bits per heavy atom. The van der Waals surface area contributed by atoms with E-state index in [0.717, 1.165) is 19.6 Å². The number of halogens is 2. The van der Waals surface area contributed by atoms with Crippen molar-refractivity contribution in [3.63, 3.8) is 0 Å². The normalized spacial score (nSPS) is 24.6. The molecule has 2 saturated heterocycles. The first-order valence-corrected chi connectivity index (χ1v) is 11.4. The fraction of sp³-hybridized carbons (Fsp3) is 0.562. The van der Waals surface area contributed by atoms with Crippen LogP contribution < -0.4 is 4.72 Å². The van der Waals surface area contributed by atoms with Crippen LogP contribution in [0.15, 0.2) is 32.0 Å². The molecule has 0 bridgehead atoms. The molecule has 0 saturated carbocycles. The number of morpholine rings is 1. The highest BCUT2D eigenvalue weighted by Crippen LogP contribution is 2.27. The van der Waals surface area contributed by atoms with Gasteiger partial charge in [0.1, 0.15) is 0 Å². The lowest BCUT2D eigenvalue weighted by Crippen LogP contribution is -2.43. The molecule has 2 aliphatic heterocycles. The van der Waals surface area contributed by atoms with Gasteiger partial charge in [-0.3, -0.25) is 4.90 Å². The summed E-state index contributed by atoms with van der Waals surface area (Å²) in [7, 11) is -3.68. The average Bonchev–Trinajstić information content (AvgIpc) is 2.98. The zero-order valence-electron chi connectivity index (χ0n) is 14.1. The number of nitrogens with one attached hydrogen (secondary N) is 1. The molecule has 7 nitrogen and oxygen atoms in total. The Morgan fingerprint density at radius 2 is 2.04 bits per heavy atom.